The summed E-state index contributed by atoms with van der Waals surface area (Å²) in [6, 6.07) is 11.8. The van der Waals surface area contributed by atoms with Crippen LogP contribution in [0.5, 0.6) is 0 Å². The molecule has 0 bridgehead atoms. The molecular weight excluding hydrogens is 280 g/mol. The average Bonchev–Trinajstić information content (AvgIpc) is 2.96. The number of para-hydroxylation sites is 1. The van der Waals surface area contributed by atoms with Gasteiger partial charge in [0.05, 0.1) is 11.4 Å². The van der Waals surface area contributed by atoms with Crippen LogP contribution >= 0.6 is 0 Å². The van der Waals surface area contributed by atoms with E-state index in [1.165, 1.54) is 0 Å². The summed E-state index contributed by atoms with van der Waals surface area (Å²) in [6.07, 6.45) is 2.93. The Labute approximate surface area is 129 Å². The number of nitrogens with two attached hydrogens (primary N) is 1. The summed E-state index contributed by atoms with van der Waals surface area (Å²) in [5.74, 6) is -0.645. The van der Waals surface area contributed by atoms with Gasteiger partial charge in [0.1, 0.15) is 0 Å². The second-order valence-electron chi connectivity index (χ2n) is 5.78. The first kappa shape index (κ1) is 14.7. The monoisotopic (exact) mass is 300 g/mol. The van der Waals surface area contributed by atoms with E-state index in [0.29, 0.717) is 13.0 Å². The number of nitrogens with zero attached hydrogens (tertiary/aromatic N) is 3. The SMILES string of the molecule is NC(=O)C1(O)CCCN(Cc2ccnn2-c2ccccc2)C1. The highest BCUT2D eigenvalue weighted by atomic mass is 16.3. The molecule has 0 saturated carbocycles. The fraction of sp³-hybridized carbons (Fsp3) is 0.375. The lowest BCUT2D eigenvalue weighted by atomic mass is 9.92. The summed E-state index contributed by atoms with van der Waals surface area (Å²) in [4.78, 5) is 13.5. The number of β-amino-alcohol motifs (C(OH)–C–C–N with tert-alkyl or cyclic N) is 1. The Hall–Kier alpha value is -2.18. The predicted molar refractivity (Wildman–Crippen MR) is 82.2 cm³/mol. The van der Waals surface area contributed by atoms with Crippen molar-refractivity contribution < 1.29 is 9.90 Å². The van der Waals surface area contributed by atoms with Gasteiger partial charge in [0.2, 0.25) is 0 Å². The minimum Gasteiger partial charge on any atom is -0.379 e. The van der Waals surface area contributed by atoms with Gasteiger partial charge in [-0.15, -0.1) is 0 Å². The molecule has 6 heteroatoms. The predicted octanol–water partition coefficient (Wildman–Crippen LogP) is 0.684. The summed E-state index contributed by atoms with van der Waals surface area (Å²) < 4.78 is 1.87. The third-order valence-electron chi connectivity index (χ3n) is 4.12. The molecule has 0 radical (unpaired) electrons. The largest absolute Gasteiger partial charge is 0.379 e. The molecule has 1 aromatic carbocycles. The van der Waals surface area contributed by atoms with Crippen molar-refractivity contribution in [3.05, 3.63) is 48.3 Å². The lowest BCUT2D eigenvalue weighted by molar-refractivity contribution is -0.142. The topological polar surface area (TPSA) is 84.4 Å². The number of hydrogen-bond acceptors (Lipinski definition) is 4. The normalized spacial score (nSPS) is 22.6. The Morgan fingerprint density at radius 1 is 1.32 bits per heavy atom. The van der Waals surface area contributed by atoms with E-state index >= 15 is 0 Å². The molecule has 1 amide bonds. The van der Waals surface area contributed by atoms with Gasteiger partial charge in [-0.3, -0.25) is 9.69 Å². The lowest BCUT2D eigenvalue weighted by Gasteiger charge is -2.36. The van der Waals surface area contributed by atoms with Gasteiger partial charge in [0.25, 0.3) is 5.91 Å². The minimum atomic E-state index is -1.42. The van der Waals surface area contributed by atoms with Gasteiger partial charge in [-0.25, -0.2) is 4.68 Å². The number of aromatic nitrogens is 2. The number of amides is 1. The molecule has 116 valence electrons. The Morgan fingerprint density at radius 2 is 2.09 bits per heavy atom. The third-order valence-corrected chi connectivity index (χ3v) is 4.12. The van der Waals surface area contributed by atoms with Crippen molar-refractivity contribution in [3.8, 4) is 5.69 Å². The minimum absolute atomic E-state index is 0.266. The molecule has 1 aliphatic rings. The quantitative estimate of drug-likeness (QED) is 0.870. The van der Waals surface area contributed by atoms with E-state index in [9.17, 15) is 9.90 Å². The van der Waals surface area contributed by atoms with E-state index in [1.54, 1.807) is 6.20 Å². The van der Waals surface area contributed by atoms with Gasteiger partial charge in [0.15, 0.2) is 5.60 Å². The number of benzene rings is 1. The number of hydrogen-bond donors (Lipinski definition) is 2. The summed E-state index contributed by atoms with van der Waals surface area (Å²) in [6.45, 7) is 1.71. The van der Waals surface area contributed by atoms with E-state index in [0.717, 1.165) is 24.3 Å². The number of carbonyl (C=O) groups is 1. The Kier molecular flexibility index (Phi) is 3.96. The maximum Gasteiger partial charge on any atom is 0.250 e. The van der Waals surface area contributed by atoms with Crippen molar-refractivity contribution in [2.24, 2.45) is 5.73 Å². The number of rotatable bonds is 4. The Bertz CT molecular complexity index is 655. The highest BCUT2D eigenvalue weighted by Gasteiger charge is 2.38. The van der Waals surface area contributed by atoms with Crippen molar-refractivity contribution in [1.29, 1.82) is 0 Å². The van der Waals surface area contributed by atoms with Crippen molar-refractivity contribution >= 4 is 5.91 Å². The zero-order valence-electron chi connectivity index (χ0n) is 12.4. The molecule has 2 aromatic rings. The van der Waals surface area contributed by atoms with Crippen LogP contribution in [0.4, 0.5) is 0 Å². The summed E-state index contributed by atoms with van der Waals surface area (Å²) in [7, 11) is 0. The molecule has 3 rings (SSSR count). The standard InChI is InChI=1S/C16H20N4O2/c17-15(21)16(22)8-4-10-19(12-16)11-14-7-9-18-20(14)13-5-2-1-3-6-13/h1-3,5-7,9,22H,4,8,10-12H2,(H2,17,21). The highest BCUT2D eigenvalue weighted by molar-refractivity contribution is 5.83. The zero-order valence-corrected chi connectivity index (χ0v) is 12.4. The number of likely N-dealkylation sites (tertiary alicyclic amines) is 1. The van der Waals surface area contributed by atoms with Crippen LogP contribution in [0.25, 0.3) is 5.69 Å². The molecule has 2 heterocycles. The molecule has 1 unspecified atom stereocenters. The van der Waals surface area contributed by atoms with E-state index in [1.807, 2.05) is 46.0 Å². The first-order chi connectivity index (χ1) is 10.6. The van der Waals surface area contributed by atoms with Gasteiger partial charge < -0.3 is 10.8 Å². The van der Waals surface area contributed by atoms with Crippen LogP contribution in [0.1, 0.15) is 18.5 Å². The van der Waals surface area contributed by atoms with E-state index in [-0.39, 0.29) is 6.54 Å². The molecule has 1 fully saturated rings. The van der Waals surface area contributed by atoms with E-state index in [4.69, 9.17) is 5.73 Å². The van der Waals surface area contributed by atoms with Gasteiger partial charge in [-0.2, -0.15) is 5.10 Å². The van der Waals surface area contributed by atoms with Crippen molar-refractivity contribution in [1.82, 2.24) is 14.7 Å². The third kappa shape index (κ3) is 2.88. The Balaban J connectivity index is 1.77. The van der Waals surface area contributed by atoms with Crippen LogP contribution in [0.3, 0.4) is 0 Å². The van der Waals surface area contributed by atoms with Gasteiger partial charge in [-0.1, -0.05) is 18.2 Å². The van der Waals surface area contributed by atoms with Crippen LogP contribution in [0, 0.1) is 0 Å². The molecule has 0 spiro atoms. The van der Waals surface area contributed by atoms with Crippen molar-refractivity contribution in [3.63, 3.8) is 0 Å². The van der Waals surface area contributed by atoms with E-state index < -0.39 is 11.5 Å². The highest BCUT2D eigenvalue weighted by Crippen LogP contribution is 2.23. The maximum atomic E-state index is 11.4. The van der Waals surface area contributed by atoms with Crippen LogP contribution in [-0.4, -0.2) is 44.4 Å². The second-order valence-corrected chi connectivity index (χ2v) is 5.78. The summed E-state index contributed by atoms with van der Waals surface area (Å²) >= 11 is 0. The summed E-state index contributed by atoms with van der Waals surface area (Å²) in [5, 5.41) is 14.7. The van der Waals surface area contributed by atoms with Crippen LogP contribution < -0.4 is 5.73 Å². The van der Waals surface area contributed by atoms with Crippen molar-refractivity contribution in [2.75, 3.05) is 13.1 Å². The zero-order chi connectivity index (χ0) is 15.6. The molecule has 22 heavy (non-hydrogen) atoms. The number of piperidine rings is 1. The number of aliphatic hydroxyl groups is 1. The molecule has 6 nitrogen and oxygen atoms in total. The van der Waals surface area contributed by atoms with Gasteiger partial charge >= 0.3 is 0 Å². The van der Waals surface area contributed by atoms with Gasteiger partial charge in [-0.05, 0) is 37.6 Å². The first-order valence-corrected chi connectivity index (χ1v) is 7.41. The second kappa shape index (κ2) is 5.90. The Morgan fingerprint density at radius 3 is 2.82 bits per heavy atom. The van der Waals surface area contributed by atoms with Crippen molar-refractivity contribution in [2.45, 2.75) is 25.0 Å². The fourth-order valence-electron chi connectivity index (χ4n) is 2.94. The molecule has 1 aliphatic heterocycles. The van der Waals surface area contributed by atoms with Gasteiger partial charge in [0, 0.05) is 19.3 Å². The van der Waals surface area contributed by atoms with Crippen LogP contribution in [0.15, 0.2) is 42.6 Å². The molecule has 0 aliphatic carbocycles. The molecular formula is C16H20N4O2. The molecule has 1 aromatic heterocycles. The average molecular weight is 300 g/mol. The maximum absolute atomic E-state index is 11.4. The first-order valence-electron chi connectivity index (χ1n) is 7.41. The van der Waals surface area contributed by atoms with Crippen LogP contribution in [0.2, 0.25) is 0 Å². The van der Waals surface area contributed by atoms with E-state index in [2.05, 4.69) is 5.10 Å². The number of primary amides is 1. The lowest BCUT2D eigenvalue weighted by Crippen LogP contribution is -2.55. The fourth-order valence-corrected chi connectivity index (χ4v) is 2.94. The number of carbonyl (C=O) groups excluding carboxylic acids is 1. The molecule has 1 saturated heterocycles. The molecule has 3 N–H and O–H groups in total. The smallest absolute Gasteiger partial charge is 0.250 e. The van der Waals surface area contributed by atoms with Crippen LogP contribution in [-0.2, 0) is 11.3 Å². The molecule has 1 atom stereocenters. The summed E-state index contributed by atoms with van der Waals surface area (Å²) in [5.41, 5.74) is 5.91.